The van der Waals surface area contributed by atoms with Gasteiger partial charge in [-0.15, -0.1) is 11.3 Å². The van der Waals surface area contributed by atoms with Crippen LogP contribution in [-0.2, 0) is 18.4 Å². The Morgan fingerprint density at radius 1 is 1.21 bits per heavy atom. The number of hydrogen-bond donors (Lipinski definition) is 1. The molecular weight excluding hydrogens is 457 g/mol. The lowest BCUT2D eigenvalue weighted by molar-refractivity contribution is -0.116. The third kappa shape index (κ3) is 3.79. The van der Waals surface area contributed by atoms with Crippen LogP contribution in [0.5, 0.6) is 0 Å². The number of hydrogen-bond acceptors (Lipinski definition) is 6. The van der Waals surface area contributed by atoms with E-state index in [4.69, 9.17) is 0 Å². The first-order chi connectivity index (χ1) is 16.3. The molecule has 1 aromatic carbocycles. The van der Waals surface area contributed by atoms with Crippen LogP contribution in [0, 0.1) is 19.7 Å². The van der Waals surface area contributed by atoms with Crippen LogP contribution in [0.4, 0.5) is 9.52 Å². The van der Waals surface area contributed by atoms with E-state index >= 15 is 0 Å². The summed E-state index contributed by atoms with van der Waals surface area (Å²) in [4.78, 5) is 33.9. The highest BCUT2D eigenvalue weighted by molar-refractivity contribution is 7.14. The molecule has 0 fully saturated rings. The normalized spacial score (nSPS) is 11.3. The van der Waals surface area contributed by atoms with Gasteiger partial charge in [0.05, 0.1) is 11.9 Å². The van der Waals surface area contributed by atoms with Crippen LogP contribution < -0.4 is 10.9 Å². The van der Waals surface area contributed by atoms with Crippen LogP contribution in [0.15, 0.2) is 53.0 Å². The molecule has 172 valence electrons. The summed E-state index contributed by atoms with van der Waals surface area (Å²) in [6, 6.07) is 8.32. The standard InChI is InChI=1S/C23H20FN7O2S/c1-13-8-17(14(2)31(13)16-6-4-15(24)5-7-16)19-11-34-23(27-19)28-20(32)10-30-12-25-21-18(22(30)33)9-26-29(21)3/h4-9,11-12H,10H2,1-3H3,(H,27,28,32). The van der Waals surface area contributed by atoms with E-state index in [9.17, 15) is 14.0 Å². The summed E-state index contributed by atoms with van der Waals surface area (Å²) >= 11 is 1.30. The molecule has 5 rings (SSSR count). The van der Waals surface area contributed by atoms with Crippen molar-refractivity contribution >= 4 is 33.4 Å². The van der Waals surface area contributed by atoms with Crippen molar-refractivity contribution in [2.75, 3.05) is 5.32 Å². The van der Waals surface area contributed by atoms with Crippen LogP contribution >= 0.6 is 11.3 Å². The Morgan fingerprint density at radius 2 is 1.97 bits per heavy atom. The summed E-state index contributed by atoms with van der Waals surface area (Å²) in [5, 5.41) is 9.42. The maximum Gasteiger partial charge on any atom is 0.264 e. The quantitative estimate of drug-likeness (QED) is 0.418. The molecule has 0 bridgehead atoms. The van der Waals surface area contributed by atoms with E-state index in [0.717, 1.165) is 28.3 Å². The Balaban J connectivity index is 1.35. The van der Waals surface area contributed by atoms with Gasteiger partial charge in [-0.05, 0) is 44.2 Å². The second kappa shape index (κ2) is 8.34. The van der Waals surface area contributed by atoms with Gasteiger partial charge in [0.1, 0.15) is 24.1 Å². The first kappa shape index (κ1) is 21.7. The Labute approximate surface area is 197 Å². The summed E-state index contributed by atoms with van der Waals surface area (Å²) in [5.74, 6) is -0.672. The number of fused-ring (bicyclic) bond motifs is 1. The number of aryl methyl sites for hydroxylation is 2. The molecule has 5 aromatic rings. The number of amides is 1. The highest BCUT2D eigenvalue weighted by Crippen LogP contribution is 2.31. The monoisotopic (exact) mass is 477 g/mol. The van der Waals surface area contributed by atoms with Gasteiger partial charge in [-0.25, -0.2) is 14.4 Å². The van der Waals surface area contributed by atoms with E-state index in [1.807, 2.05) is 29.9 Å². The molecule has 11 heteroatoms. The fourth-order valence-electron chi connectivity index (χ4n) is 3.96. The number of anilines is 1. The number of nitrogens with zero attached hydrogens (tertiary/aromatic N) is 6. The van der Waals surface area contributed by atoms with Crippen LogP contribution in [-0.4, -0.2) is 34.8 Å². The third-order valence-electron chi connectivity index (χ3n) is 5.57. The lowest BCUT2D eigenvalue weighted by Crippen LogP contribution is -2.27. The minimum atomic E-state index is -0.384. The van der Waals surface area contributed by atoms with Crippen molar-refractivity contribution in [3.8, 4) is 16.9 Å². The smallest absolute Gasteiger partial charge is 0.264 e. The molecule has 0 atom stereocenters. The highest BCUT2D eigenvalue weighted by atomic mass is 32.1. The van der Waals surface area contributed by atoms with Crippen molar-refractivity contribution in [2.45, 2.75) is 20.4 Å². The van der Waals surface area contributed by atoms with Crippen LogP contribution in [0.1, 0.15) is 11.4 Å². The van der Waals surface area contributed by atoms with Crippen molar-refractivity contribution in [3.63, 3.8) is 0 Å². The molecule has 1 N–H and O–H groups in total. The van der Waals surface area contributed by atoms with Gasteiger partial charge < -0.3 is 9.88 Å². The van der Waals surface area contributed by atoms with Crippen LogP contribution in [0.2, 0.25) is 0 Å². The predicted molar refractivity (Wildman–Crippen MR) is 128 cm³/mol. The average molecular weight is 478 g/mol. The zero-order valence-electron chi connectivity index (χ0n) is 18.6. The van der Waals surface area contributed by atoms with E-state index in [-0.39, 0.29) is 23.8 Å². The molecule has 34 heavy (non-hydrogen) atoms. The zero-order chi connectivity index (χ0) is 24.0. The molecule has 0 spiro atoms. The third-order valence-corrected chi connectivity index (χ3v) is 6.33. The molecule has 0 aliphatic rings. The van der Waals surface area contributed by atoms with Crippen molar-refractivity contribution in [1.82, 2.24) is 28.9 Å². The Hall–Kier alpha value is -4.12. The number of thiazole rings is 1. The van der Waals surface area contributed by atoms with Crippen LogP contribution in [0.3, 0.4) is 0 Å². The molecule has 4 aromatic heterocycles. The van der Waals surface area contributed by atoms with E-state index in [1.54, 1.807) is 19.2 Å². The van der Waals surface area contributed by atoms with Gasteiger partial charge in [-0.1, -0.05) is 0 Å². The fraction of sp³-hybridized carbons (Fsp3) is 0.174. The Morgan fingerprint density at radius 3 is 2.74 bits per heavy atom. The average Bonchev–Trinajstić information content (AvgIpc) is 3.49. The van der Waals surface area contributed by atoms with Gasteiger partial charge in [0.15, 0.2) is 10.8 Å². The van der Waals surface area contributed by atoms with Gasteiger partial charge in [0.25, 0.3) is 5.56 Å². The lowest BCUT2D eigenvalue weighted by atomic mass is 10.2. The summed E-state index contributed by atoms with van der Waals surface area (Å²) in [6.45, 7) is 3.75. The Bertz CT molecular complexity index is 1590. The molecule has 0 saturated carbocycles. The summed E-state index contributed by atoms with van der Waals surface area (Å²) in [6.07, 6.45) is 2.78. The van der Waals surface area contributed by atoms with E-state index in [2.05, 4.69) is 20.4 Å². The number of benzene rings is 1. The van der Waals surface area contributed by atoms with Gasteiger partial charge in [0, 0.05) is 35.1 Å². The molecule has 0 radical (unpaired) electrons. The number of carbonyl (C=O) groups excluding carboxylic acids is 1. The molecule has 1 amide bonds. The van der Waals surface area contributed by atoms with E-state index < -0.39 is 0 Å². The number of halogens is 1. The van der Waals surface area contributed by atoms with Gasteiger partial charge in [0.2, 0.25) is 5.91 Å². The first-order valence-corrected chi connectivity index (χ1v) is 11.3. The number of aromatic nitrogens is 6. The van der Waals surface area contributed by atoms with Crippen molar-refractivity contribution in [3.05, 3.63) is 75.8 Å². The van der Waals surface area contributed by atoms with Crippen LogP contribution in [0.25, 0.3) is 28.0 Å². The maximum absolute atomic E-state index is 13.3. The number of carbonyl (C=O) groups is 1. The Kier molecular flexibility index (Phi) is 5.33. The first-order valence-electron chi connectivity index (χ1n) is 10.4. The summed E-state index contributed by atoms with van der Waals surface area (Å²) < 4.78 is 18.1. The molecule has 0 unspecified atom stereocenters. The lowest BCUT2D eigenvalue weighted by Gasteiger charge is -2.09. The van der Waals surface area contributed by atoms with E-state index in [1.165, 1.54) is 45.2 Å². The zero-order valence-corrected chi connectivity index (χ0v) is 19.4. The SMILES string of the molecule is Cc1cc(-c2csc(NC(=O)Cn3cnc4c(cnn4C)c3=O)n2)c(C)n1-c1ccc(F)cc1. The van der Waals surface area contributed by atoms with Crippen molar-refractivity contribution < 1.29 is 9.18 Å². The van der Waals surface area contributed by atoms with Crippen molar-refractivity contribution in [2.24, 2.45) is 7.05 Å². The second-order valence-corrected chi connectivity index (χ2v) is 8.72. The highest BCUT2D eigenvalue weighted by Gasteiger charge is 2.16. The summed E-state index contributed by atoms with van der Waals surface area (Å²) in [5.41, 5.74) is 4.56. The molecule has 0 aliphatic heterocycles. The topological polar surface area (TPSA) is 99.6 Å². The molecule has 9 nitrogen and oxygen atoms in total. The number of nitrogens with one attached hydrogen (secondary N) is 1. The number of rotatable bonds is 5. The molecule has 0 aliphatic carbocycles. The van der Waals surface area contributed by atoms with Crippen molar-refractivity contribution in [1.29, 1.82) is 0 Å². The maximum atomic E-state index is 13.3. The minimum Gasteiger partial charge on any atom is -0.318 e. The minimum absolute atomic E-state index is 0.190. The fourth-order valence-corrected chi connectivity index (χ4v) is 4.68. The van der Waals surface area contributed by atoms with Gasteiger partial charge in [-0.3, -0.25) is 18.8 Å². The van der Waals surface area contributed by atoms with E-state index in [0.29, 0.717) is 16.2 Å². The van der Waals surface area contributed by atoms with Gasteiger partial charge >= 0.3 is 0 Å². The summed E-state index contributed by atoms with van der Waals surface area (Å²) in [7, 11) is 1.70. The molecule has 4 heterocycles. The predicted octanol–water partition coefficient (Wildman–Crippen LogP) is 3.44. The molecular formula is C23H20FN7O2S. The molecule has 0 saturated heterocycles. The van der Waals surface area contributed by atoms with Gasteiger partial charge in [-0.2, -0.15) is 5.10 Å². The second-order valence-electron chi connectivity index (χ2n) is 7.87. The largest absolute Gasteiger partial charge is 0.318 e.